The molecule has 3 rings (SSSR count). The minimum atomic E-state index is -4.39. The van der Waals surface area contributed by atoms with Crippen molar-refractivity contribution in [3.63, 3.8) is 0 Å². The molecule has 3 aromatic rings. The average molecular weight is 393 g/mol. The van der Waals surface area contributed by atoms with E-state index in [9.17, 15) is 18.0 Å². The molecule has 2 aromatic carbocycles. The molecule has 9 heteroatoms. The van der Waals surface area contributed by atoms with Crippen LogP contribution in [0.1, 0.15) is 11.1 Å². The number of alkyl halides is 3. The lowest BCUT2D eigenvalue weighted by Gasteiger charge is -2.07. The van der Waals surface area contributed by atoms with E-state index in [1.54, 1.807) is 24.3 Å². The summed E-state index contributed by atoms with van der Waals surface area (Å²) in [5, 5.41) is 7.80. The molecular weight excluding hydrogens is 381 g/mol. The lowest BCUT2D eigenvalue weighted by Crippen LogP contribution is -2.22. The summed E-state index contributed by atoms with van der Waals surface area (Å²) in [5.41, 5.74) is 2.47. The van der Waals surface area contributed by atoms with Crippen molar-refractivity contribution in [2.75, 3.05) is 5.43 Å². The molecule has 0 radical (unpaired) electrons. The third-order valence-electron chi connectivity index (χ3n) is 3.56. The Kier molecular flexibility index (Phi) is 5.27. The van der Waals surface area contributed by atoms with Crippen LogP contribution in [-0.4, -0.2) is 16.0 Å². The zero-order valence-corrected chi connectivity index (χ0v) is 14.4. The maximum atomic E-state index is 12.5. The highest BCUT2D eigenvalue weighted by atomic mass is 35.5. The van der Waals surface area contributed by atoms with Crippen molar-refractivity contribution in [2.45, 2.75) is 6.18 Å². The van der Waals surface area contributed by atoms with Gasteiger partial charge in [0.25, 0.3) is 5.56 Å². The SMILES string of the molecule is O=c1c(Cl)c(N/N=C\c2ccc(C(F)(F)F)cc2)cnn1-c1ccccc1. The Balaban J connectivity index is 1.76. The van der Waals surface area contributed by atoms with Gasteiger partial charge in [0.1, 0.15) is 10.7 Å². The second kappa shape index (κ2) is 7.63. The first-order valence-corrected chi connectivity index (χ1v) is 8.03. The van der Waals surface area contributed by atoms with Crippen LogP contribution in [0.25, 0.3) is 5.69 Å². The number of para-hydroxylation sites is 1. The molecular formula is C18H12ClF3N4O. The zero-order chi connectivity index (χ0) is 19.4. The first kappa shape index (κ1) is 18.7. The van der Waals surface area contributed by atoms with Gasteiger partial charge in [0.2, 0.25) is 0 Å². The third kappa shape index (κ3) is 4.35. The number of hydrazone groups is 1. The van der Waals surface area contributed by atoms with Gasteiger partial charge < -0.3 is 0 Å². The molecule has 5 nitrogen and oxygen atoms in total. The molecule has 0 spiro atoms. The summed E-state index contributed by atoms with van der Waals surface area (Å²) >= 11 is 6.07. The lowest BCUT2D eigenvalue weighted by atomic mass is 10.1. The van der Waals surface area contributed by atoms with Crippen LogP contribution < -0.4 is 11.0 Å². The predicted molar refractivity (Wildman–Crippen MR) is 97.5 cm³/mol. The van der Waals surface area contributed by atoms with Crippen molar-refractivity contribution >= 4 is 23.5 Å². The van der Waals surface area contributed by atoms with Gasteiger partial charge >= 0.3 is 6.18 Å². The molecule has 0 bridgehead atoms. The summed E-state index contributed by atoms with van der Waals surface area (Å²) in [6.45, 7) is 0. The predicted octanol–water partition coefficient (Wildman–Crippen LogP) is 4.35. The highest BCUT2D eigenvalue weighted by Crippen LogP contribution is 2.28. The Morgan fingerprint density at radius 2 is 1.74 bits per heavy atom. The molecule has 138 valence electrons. The molecule has 27 heavy (non-hydrogen) atoms. The van der Waals surface area contributed by atoms with Gasteiger partial charge in [0.05, 0.1) is 23.7 Å². The van der Waals surface area contributed by atoms with Gasteiger partial charge in [0, 0.05) is 0 Å². The average Bonchev–Trinajstić information content (AvgIpc) is 2.66. The maximum absolute atomic E-state index is 12.5. The molecule has 0 amide bonds. The van der Waals surface area contributed by atoms with Gasteiger partial charge in [-0.2, -0.15) is 28.1 Å². The molecule has 0 saturated carbocycles. The van der Waals surface area contributed by atoms with E-state index < -0.39 is 17.3 Å². The van der Waals surface area contributed by atoms with Gasteiger partial charge in [-0.25, -0.2) is 0 Å². The fourth-order valence-electron chi connectivity index (χ4n) is 2.20. The van der Waals surface area contributed by atoms with E-state index >= 15 is 0 Å². The number of hydrogen-bond donors (Lipinski definition) is 1. The molecule has 0 atom stereocenters. The van der Waals surface area contributed by atoms with Crippen LogP contribution in [0.5, 0.6) is 0 Å². The van der Waals surface area contributed by atoms with Crippen LogP contribution in [0.4, 0.5) is 18.9 Å². The van der Waals surface area contributed by atoms with Gasteiger partial charge in [-0.15, -0.1) is 0 Å². The quantitative estimate of drug-likeness (QED) is 0.530. The van der Waals surface area contributed by atoms with Gasteiger partial charge in [-0.1, -0.05) is 41.9 Å². The number of aromatic nitrogens is 2. The largest absolute Gasteiger partial charge is 0.416 e. The number of nitrogens with one attached hydrogen (secondary N) is 1. The second-order valence-corrected chi connectivity index (χ2v) is 5.79. The standard InChI is InChI=1S/C18H12ClF3N4O/c19-16-15(11-24-26(17(16)27)14-4-2-1-3-5-14)25-23-10-12-6-8-13(9-7-12)18(20,21)22/h1-11,25H/b23-10-. The highest BCUT2D eigenvalue weighted by molar-refractivity contribution is 6.32. The van der Waals surface area contributed by atoms with Crippen LogP contribution in [0.15, 0.2) is 70.7 Å². The third-order valence-corrected chi connectivity index (χ3v) is 3.92. The highest BCUT2D eigenvalue weighted by Gasteiger charge is 2.29. The van der Waals surface area contributed by atoms with Gasteiger partial charge in [0.15, 0.2) is 0 Å². The van der Waals surface area contributed by atoms with Crippen LogP contribution in [-0.2, 0) is 6.18 Å². The summed E-state index contributed by atoms with van der Waals surface area (Å²) in [5.74, 6) is 0. The summed E-state index contributed by atoms with van der Waals surface area (Å²) in [4.78, 5) is 12.3. The Hall–Kier alpha value is -3.13. The Bertz CT molecular complexity index is 1020. The van der Waals surface area contributed by atoms with E-state index in [2.05, 4.69) is 15.6 Å². The first-order chi connectivity index (χ1) is 12.9. The van der Waals surface area contributed by atoms with E-state index in [0.717, 1.165) is 16.8 Å². The number of anilines is 1. The van der Waals surface area contributed by atoms with Crippen molar-refractivity contribution < 1.29 is 13.2 Å². The van der Waals surface area contributed by atoms with Crippen molar-refractivity contribution in [1.82, 2.24) is 9.78 Å². The molecule has 0 fully saturated rings. The van der Waals surface area contributed by atoms with Crippen molar-refractivity contribution in [1.29, 1.82) is 0 Å². The summed E-state index contributed by atoms with van der Waals surface area (Å²) in [6, 6.07) is 13.2. The monoisotopic (exact) mass is 392 g/mol. The number of hydrogen-bond acceptors (Lipinski definition) is 4. The minimum absolute atomic E-state index is 0.113. The fourth-order valence-corrected chi connectivity index (χ4v) is 2.37. The normalized spacial score (nSPS) is 11.7. The molecule has 0 saturated heterocycles. The molecule has 1 aromatic heterocycles. The number of benzene rings is 2. The lowest BCUT2D eigenvalue weighted by molar-refractivity contribution is -0.137. The molecule has 0 aliphatic carbocycles. The number of nitrogens with zero attached hydrogens (tertiary/aromatic N) is 3. The smallest absolute Gasteiger partial charge is 0.275 e. The van der Waals surface area contributed by atoms with Crippen LogP contribution >= 0.6 is 11.6 Å². The second-order valence-electron chi connectivity index (χ2n) is 5.41. The van der Waals surface area contributed by atoms with Crippen molar-refractivity contribution in [3.8, 4) is 5.69 Å². The zero-order valence-electron chi connectivity index (χ0n) is 13.6. The van der Waals surface area contributed by atoms with E-state index in [-0.39, 0.29) is 10.7 Å². The molecule has 0 aliphatic rings. The minimum Gasteiger partial charge on any atom is -0.275 e. The Morgan fingerprint density at radius 3 is 2.37 bits per heavy atom. The topological polar surface area (TPSA) is 59.3 Å². The summed E-state index contributed by atoms with van der Waals surface area (Å²) in [6.07, 6.45) is -1.75. The summed E-state index contributed by atoms with van der Waals surface area (Å²) in [7, 11) is 0. The van der Waals surface area contributed by atoms with Crippen LogP contribution in [0.2, 0.25) is 5.02 Å². The van der Waals surface area contributed by atoms with E-state index in [4.69, 9.17) is 11.6 Å². The molecule has 0 aliphatic heterocycles. The molecule has 1 heterocycles. The Labute approximate surface area is 156 Å². The molecule has 0 unspecified atom stereocenters. The van der Waals surface area contributed by atoms with E-state index in [1.807, 2.05) is 6.07 Å². The fraction of sp³-hybridized carbons (Fsp3) is 0.0556. The summed E-state index contributed by atoms with van der Waals surface area (Å²) < 4.78 is 38.7. The first-order valence-electron chi connectivity index (χ1n) is 7.66. The van der Waals surface area contributed by atoms with Crippen molar-refractivity contribution in [3.05, 3.63) is 87.3 Å². The van der Waals surface area contributed by atoms with Crippen molar-refractivity contribution in [2.24, 2.45) is 5.10 Å². The number of rotatable bonds is 4. The Morgan fingerprint density at radius 1 is 1.07 bits per heavy atom. The van der Waals surface area contributed by atoms with E-state index in [0.29, 0.717) is 11.3 Å². The van der Waals surface area contributed by atoms with Gasteiger partial charge in [-0.3, -0.25) is 10.2 Å². The molecule has 1 N–H and O–H groups in total. The maximum Gasteiger partial charge on any atom is 0.416 e. The van der Waals surface area contributed by atoms with Crippen LogP contribution in [0.3, 0.4) is 0 Å². The van der Waals surface area contributed by atoms with Crippen LogP contribution in [0, 0.1) is 0 Å². The van der Waals surface area contributed by atoms with E-state index in [1.165, 1.54) is 24.5 Å². The number of halogens is 4. The van der Waals surface area contributed by atoms with Gasteiger partial charge in [-0.05, 0) is 29.8 Å².